The van der Waals surface area contributed by atoms with Gasteiger partial charge in [0.1, 0.15) is 0 Å². The molecule has 0 bridgehead atoms. The van der Waals surface area contributed by atoms with Crippen molar-refractivity contribution in [3.63, 3.8) is 0 Å². The monoisotopic (exact) mass is 292 g/mol. The summed E-state index contributed by atoms with van der Waals surface area (Å²) in [5.41, 5.74) is -0.0000336. The second-order valence-corrected chi connectivity index (χ2v) is 5.65. The van der Waals surface area contributed by atoms with E-state index in [2.05, 4.69) is 27.2 Å². The molecule has 1 unspecified atom stereocenters. The van der Waals surface area contributed by atoms with Gasteiger partial charge in [-0.05, 0) is 26.4 Å². The number of hydrogen-bond acceptors (Lipinski definition) is 5. The summed E-state index contributed by atoms with van der Waals surface area (Å²) in [6.45, 7) is 1.88. The van der Waals surface area contributed by atoms with Crippen LogP contribution in [0.4, 0.5) is 5.95 Å². The highest BCUT2D eigenvalue weighted by atomic mass is 16.2. The smallest absolute Gasteiger partial charge is 0.332 e. The molecule has 21 heavy (non-hydrogen) atoms. The van der Waals surface area contributed by atoms with Gasteiger partial charge in [-0.2, -0.15) is 4.98 Å². The Hall–Kier alpha value is -2.09. The molecule has 1 atom stereocenters. The van der Waals surface area contributed by atoms with Crippen molar-refractivity contribution in [2.75, 3.05) is 25.5 Å². The Bertz CT molecular complexity index is 786. The van der Waals surface area contributed by atoms with E-state index in [0.29, 0.717) is 23.2 Å². The van der Waals surface area contributed by atoms with Crippen molar-refractivity contribution in [3.05, 3.63) is 20.8 Å². The fourth-order valence-electron chi connectivity index (χ4n) is 2.86. The van der Waals surface area contributed by atoms with Gasteiger partial charge in [0, 0.05) is 26.7 Å². The summed E-state index contributed by atoms with van der Waals surface area (Å²) in [5.74, 6) is 0.531. The van der Waals surface area contributed by atoms with Gasteiger partial charge in [0.2, 0.25) is 5.95 Å². The van der Waals surface area contributed by atoms with Crippen LogP contribution < -0.4 is 16.6 Å². The Balaban J connectivity index is 1.91. The number of aryl methyl sites for hydroxylation is 1. The molecule has 2 aromatic heterocycles. The van der Waals surface area contributed by atoms with E-state index in [0.717, 1.165) is 24.1 Å². The summed E-state index contributed by atoms with van der Waals surface area (Å²) in [7, 11) is 5.18. The molecule has 0 spiro atoms. The number of fused-ring (bicyclic) bond motifs is 1. The quantitative estimate of drug-likeness (QED) is 0.794. The summed E-state index contributed by atoms with van der Waals surface area (Å²) in [4.78, 5) is 33.6. The molecule has 1 aliphatic heterocycles. The van der Waals surface area contributed by atoms with Gasteiger partial charge in [0.25, 0.3) is 5.56 Å². The fraction of sp³-hybridized carbons (Fsp3) is 0.615. The third-order valence-electron chi connectivity index (χ3n) is 4.27. The lowest BCUT2D eigenvalue weighted by molar-refractivity contribution is 0.322. The minimum atomic E-state index is -0.374. The van der Waals surface area contributed by atoms with Crippen LogP contribution in [-0.4, -0.2) is 50.2 Å². The summed E-state index contributed by atoms with van der Waals surface area (Å²) >= 11 is 0. The Kier molecular flexibility index (Phi) is 3.32. The number of aromatic amines is 1. The lowest BCUT2D eigenvalue weighted by Gasteiger charge is -2.19. The first-order chi connectivity index (χ1) is 9.99. The van der Waals surface area contributed by atoms with Gasteiger partial charge in [-0.3, -0.25) is 13.9 Å². The molecule has 8 heteroatoms. The molecule has 0 radical (unpaired) electrons. The molecule has 1 saturated heterocycles. The number of likely N-dealkylation sites (N-methyl/N-ethyl adjacent to an activating group) is 1. The minimum Gasteiger partial charge on any atom is -0.354 e. The van der Waals surface area contributed by atoms with Crippen molar-refractivity contribution in [2.45, 2.75) is 18.9 Å². The van der Waals surface area contributed by atoms with Crippen LogP contribution >= 0.6 is 0 Å². The van der Waals surface area contributed by atoms with E-state index in [-0.39, 0.29) is 11.2 Å². The highest BCUT2D eigenvalue weighted by Gasteiger charge is 2.21. The lowest BCUT2D eigenvalue weighted by atomic mass is 10.2. The van der Waals surface area contributed by atoms with Crippen LogP contribution in [0.1, 0.15) is 12.8 Å². The third kappa shape index (κ3) is 2.25. The first-order valence-corrected chi connectivity index (χ1v) is 7.09. The Morgan fingerprint density at radius 1 is 1.29 bits per heavy atom. The van der Waals surface area contributed by atoms with Crippen LogP contribution in [-0.2, 0) is 14.1 Å². The topological polar surface area (TPSA) is 88.0 Å². The molecule has 3 rings (SSSR count). The molecule has 1 aliphatic rings. The average molecular weight is 292 g/mol. The Morgan fingerprint density at radius 2 is 2.05 bits per heavy atom. The highest BCUT2D eigenvalue weighted by molar-refractivity contribution is 5.72. The van der Waals surface area contributed by atoms with Crippen molar-refractivity contribution in [1.29, 1.82) is 0 Å². The number of aromatic nitrogens is 4. The van der Waals surface area contributed by atoms with Crippen LogP contribution in [0.3, 0.4) is 0 Å². The normalized spacial score (nSPS) is 19.5. The van der Waals surface area contributed by atoms with Gasteiger partial charge in [-0.25, -0.2) is 4.79 Å². The van der Waals surface area contributed by atoms with Crippen molar-refractivity contribution >= 4 is 17.1 Å². The Labute approximate surface area is 121 Å². The fourth-order valence-corrected chi connectivity index (χ4v) is 2.86. The van der Waals surface area contributed by atoms with Crippen LogP contribution in [0, 0.1) is 0 Å². The van der Waals surface area contributed by atoms with Crippen molar-refractivity contribution < 1.29 is 0 Å². The summed E-state index contributed by atoms with van der Waals surface area (Å²) < 4.78 is 2.45. The maximum Gasteiger partial charge on any atom is 0.332 e. The molecular weight excluding hydrogens is 272 g/mol. The van der Waals surface area contributed by atoms with Gasteiger partial charge >= 0.3 is 5.69 Å². The molecular formula is C13H20N6O2. The first kappa shape index (κ1) is 13.9. The van der Waals surface area contributed by atoms with Gasteiger partial charge in [-0.1, -0.05) is 0 Å². The Morgan fingerprint density at radius 3 is 2.71 bits per heavy atom. The first-order valence-electron chi connectivity index (χ1n) is 7.09. The number of imidazole rings is 1. The molecule has 2 aromatic rings. The van der Waals surface area contributed by atoms with E-state index in [9.17, 15) is 9.59 Å². The maximum absolute atomic E-state index is 12.1. The molecule has 0 aliphatic carbocycles. The molecule has 8 nitrogen and oxygen atoms in total. The standard InChI is InChI=1S/C13H20N6O2/c1-17-6-4-5-8(17)7-14-12-15-9-10(16-12)18(2)13(21)19(3)11(9)20/h8H,4-7H2,1-3H3,(H2,14,15,16). The van der Waals surface area contributed by atoms with Crippen molar-refractivity contribution in [2.24, 2.45) is 14.1 Å². The van der Waals surface area contributed by atoms with Gasteiger partial charge < -0.3 is 15.2 Å². The predicted octanol–water partition coefficient (Wildman–Crippen LogP) is -0.534. The third-order valence-corrected chi connectivity index (χ3v) is 4.27. The van der Waals surface area contributed by atoms with E-state index >= 15 is 0 Å². The zero-order chi connectivity index (χ0) is 15.1. The van der Waals surface area contributed by atoms with Crippen LogP contribution in [0.5, 0.6) is 0 Å². The summed E-state index contributed by atoms with van der Waals surface area (Å²) in [5, 5.41) is 3.23. The lowest BCUT2D eigenvalue weighted by Crippen LogP contribution is -2.36. The molecule has 2 N–H and O–H groups in total. The summed E-state index contributed by atoms with van der Waals surface area (Å²) in [6.07, 6.45) is 2.36. The number of rotatable bonds is 3. The van der Waals surface area contributed by atoms with Gasteiger partial charge in [0.05, 0.1) is 0 Å². The van der Waals surface area contributed by atoms with Gasteiger partial charge in [0.15, 0.2) is 11.2 Å². The zero-order valence-corrected chi connectivity index (χ0v) is 12.5. The largest absolute Gasteiger partial charge is 0.354 e. The number of nitrogens with one attached hydrogen (secondary N) is 2. The number of hydrogen-bond donors (Lipinski definition) is 2. The van der Waals surface area contributed by atoms with E-state index in [4.69, 9.17) is 0 Å². The average Bonchev–Trinajstić information content (AvgIpc) is 3.07. The van der Waals surface area contributed by atoms with Crippen LogP contribution in [0.25, 0.3) is 11.2 Å². The number of H-pyrrole nitrogens is 1. The van der Waals surface area contributed by atoms with E-state index in [1.165, 1.54) is 18.0 Å². The zero-order valence-electron chi connectivity index (χ0n) is 12.5. The molecule has 3 heterocycles. The molecule has 0 aromatic carbocycles. The SMILES string of the molecule is CN1CCCC1CNc1nc2c([nH]1)c(=O)n(C)c(=O)n2C. The molecule has 114 valence electrons. The van der Waals surface area contributed by atoms with E-state index < -0.39 is 0 Å². The highest BCUT2D eigenvalue weighted by Crippen LogP contribution is 2.15. The molecule has 1 fully saturated rings. The van der Waals surface area contributed by atoms with Gasteiger partial charge in [-0.15, -0.1) is 0 Å². The summed E-state index contributed by atoms with van der Waals surface area (Å²) in [6, 6.07) is 0.477. The van der Waals surface area contributed by atoms with E-state index in [1.54, 1.807) is 7.05 Å². The molecule has 0 saturated carbocycles. The van der Waals surface area contributed by atoms with E-state index in [1.807, 2.05) is 0 Å². The predicted molar refractivity (Wildman–Crippen MR) is 80.7 cm³/mol. The number of anilines is 1. The number of likely N-dealkylation sites (tertiary alicyclic amines) is 1. The maximum atomic E-state index is 12.1. The second-order valence-electron chi connectivity index (χ2n) is 5.65. The van der Waals surface area contributed by atoms with Crippen molar-refractivity contribution in [3.8, 4) is 0 Å². The van der Waals surface area contributed by atoms with Crippen molar-refractivity contribution in [1.82, 2.24) is 24.0 Å². The van der Waals surface area contributed by atoms with Crippen LogP contribution in [0.15, 0.2) is 9.59 Å². The second kappa shape index (κ2) is 5.03. The van der Waals surface area contributed by atoms with Crippen LogP contribution in [0.2, 0.25) is 0 Å². The molecule has 0 amide bonds. The number of nitrogens with zero attached hydrogens (tertiary/aromatic N) is 4. The minimum absolute atomic E-state index is 0.349.